The molecule has 1 heterocycles. The van der Waals surface area contributed by atoms with Gasteiger partial charge in [-0.05, 0) is 11.6 Å². The van der Waals surface area contributed by atoms with E-state index < -0.39 is 0 Å². The quantitative estimate of drug-likeness (QED) is 0.590. The van der Waals surface area contributed by atoms with Gasteiger partial charge in [0.15, 0.2) is 0 Å². The highest BCUT2D eigenvalue weighted by Gasteiger charge is 2.11. The average Bonchev–Trinajstić information content (AvgIpc) is 2.78. The predicted octanol–water partition coefficient (Wildman–Crippen LogP) is 2.50. The molecule has 1 atom stereocenters. The molecule has 0 saturated carbocycles. The number of hydrogen-bond acceptors (Lipinski definition) is 3. The Balaban J connectivity index is 0.00000144. The molecule has 2 aromatic rings. The SMILES string of the molecule is Cl.N=C(N)c1csc([C@@H](N)c2ccccc2)c1. The molecule has 3 nitrogen and oxygen atoms in total. The minimum absolute atomic E-state index is 0. The van der Waals surface area contributed by atoms with Crippen molar-refractivity contribution in [1.29, 1.82) is 5.41 Å². The van der Waals surface area contributed by atoms with Crippen molar-refractivity contribution >= 4 is 29.6 Å². The highest BCUT2D eigenvalue weighted by molar-refractivity contribution is 7.10. The molecule has 0 aliphatic carbocycles. The maximum absolute atomic E-state index is 7.34. The summed E-state index contributed by atoms with van der Waals surface area (Å²) >= 11 is 1.53. The lowest BCUT2D eigenvalue weighted by atomic mass is 10.1. The number of hydrogen-bond donors (Lipinski definition) is 3. The largest absolute Gasteiger partial charge is 0.384 e. The maximum Gasteiger partial charge on any atom is 0.123 e. The Labute approximate surface area is 110 Å². The van der Waals surface area contributed by atoms with E-state index in [1.165, 1.54) is 11.3 Å². The smallest absolute Gasteiger partial charge is 0.123 e. The maximum atomic E-state index is 7.34. The van der Waals surface area contributed by atoms with Crippen molar-refractivity contribution < 1.29 is 0 Å². The summed E-state index contributed by atoms with van der Waals surface area (Å²) in [4.78, 5) is 1.02. The van der Waals surface area contributed by atoms with E-state index in [-0.39, 0.29) is 24.3 Å². The number of halogens is 1. The van der Waals surface area contributed by atoms with Gasteiger partial charge in [0, 0.05) is 15.8 Å². The van der Waals surface area contributed by atoms with Crippen LogP contribution in [0.25, 0.3) is 0 Å². The Morgan fingerprint density at radius 2 is 1.88 bits per heavy atom. The van der Waals surface area contributed by atoms with Crippen molar-refractivity contribution in [3.05, 3.63) is 57.8 Å². The predicted molar refractivity (Wildman–Crippen MR) is 75.1 cm³/mol. The normalized spacial score (nSPS) is 11.6. The fourth-order valence-electron chi connectivity index (χ4n) is 1.48. The van der Waals surface area contributed by atoms with E-state index in [0.717, 1.165) is 16.0 Å². The van der Waals surface area contributed by atoms with E-state index in [9.17, 15) is 0 Å². The van der Waals surface area contributed by atoms with Gasteiger partial charge in [-0.1, -0.05) is 30.3 Å². The third kappa shape index (κ3) is 3.06. The lowest BCUT2D eigenvalue weighted by Gasteiger charge is -2.09. The van der Waals surface area contributed by atoms with Crippen LogP contribution in [0.2, 0.25) is 0 Å². The summed E-state index contributed by atoms with van der Waals surface area (Å²) in [7, 11) is 0. The molecule has 0 spiro atoms. The van der Waals surface area contributed by atoms with Gasteiger partial charge in [-0.15, -0.1) is 23.7 Å². The summed E-state index contributed by atoms with van der Waals surface area (Å²) in [5.41, 5.74) is 13.4. The zero-order chi connectivity index (χ0) is 11.5. The van der Waals surface area contributed by atoms with Crippen molar-refractivity contribution in [2.45, 2.75) is 6.04 Å². The second-order valence-electron chi connectivity index (χ2n) is 3.54. The van der Waals surface area contributed by atoms with Crippen molar-refractivity contribution in [1.82, 2.24) is 0 Å². The van der Waals surface area contributed by atoms with Crippen molar-refractivity contribution in [3.63, 3.8) is 0 Å². The van der Waals surface area contributed by atoms with Crippen molar-refractivity contribution in [2.24, 2.45) is 11.5 Å². The molecular formula is C12H14ClN3S. The molecule has 2 rings (SSSR count). The average molecular weight is 268 g/mol. The fourth-order valence-corrected chi connectivity index (χ4v) is 2.42. The van der Waals surface area contributed by atoms with Crippen LogP contribution in [0.1, 0.15) is 22.0 Å². The molecule has 5 heteroatoms. The van der Waals surface area contributed by atoms with E-state index in [0.29, 0.717) is 0 Å². The van der Waals surface area contributed by atoms with Gasteiger partial charge in [-0.25, -0.2) is 0 Å². The number of nitrogens with one attached hydrogen (secondary N) is 1. The monoisotopic (exact) mass is 267 g/mol. The van der Waals surface area contributed by atoms with Crippen LogP contribution in [0.15, 0.2) is 41.8 Å². The topological polar surface area (TPSA) is 75.9 Å². The number of rotatable bonds is 3. The van der Waals surface area contributed by atoms with Crippen LogP contribution in [-0.2, 0) is 0 Å². The number of thiophene rings is 1. The van der Waals surface area contributed by atoms with E-state index >= 15 is 0 Å². The van der Waals surface area contributed by atoms with Crippen LogP contribution >= 0.6 is 23.7 Å². The summed E-state index contributed by atoms with van der Waals surface area (Å²) in [5, 5.41) is 9.20. The molecule has 0 saturated heterocycles. The molecule has 0 bridgehead atoms. The lowest BCUT2D eigenvalue weighted by Crippen LogP contribution is -2.11. The zero-order valence-corrected chi connectivity index (χ0v) is 10.7. The van der Waals surface area contributed by atoms with Crippen molar-refractivity contribution in [2.75, 3.05) is 0 Å². The first-order valence-electron chi connectivity index (χ1n) is 4.92. The van der Waals surface area contributed by atoms with Crippen LogP contribution in [0.5, 0.6) is 0 Å². The minimum atomic E-state index is -0.140. The van der Waals surface area contributed by atoms with E-state index in [1.807, 2.05) is 41.8 Å². The third-order valence-electron chi connectivity index (χ3n) is 2.40. The Kier molecular flexibility index (Phi) is 4.69. The highest BCUT2D eigenvalue weighted by atomic mass is 35.5. The first kappa shape index (κ1) is 13.7. The number of amidine groups is 1. The standard InChI is InChI=1S/C12H13N3S.ClH/c13-11(8-4-2-1-3-5-8)10-6-9(7-16-10)12(14)15;/h1-7,11H,13H2,(H3,14,15);1H/t11-;/m0./s1. The van der Waals surface area contributed by atoms with Gasteiger partial charge in [-0.3, -0.25) is 5.41 Å². The van der Waals surface area contributed by atoms with Gasteiger partial charge in [0.2, 0.25) is 0 Å². The summed E-state index contributed by atoms with van der Waals surface area (Å²) in [5.74, 6) is 0.0859. The van der Waals surface area contributed by atoms with Crippen LogP contribution < -0.4 is 11.5 Å². The summed E-state index contributed by atoms with van der Waals surface area (Å²) in [6.45, 7) is 0. The van der Waals surface area contributed by atoms with Crippen LogP contribution in [-0.4, -0.2) is 5.84 Å². The van der Waals surface area contributed by atoms with Gasteiger partial charge in [0.1, 0.15) is 5.84 Å². The molecular weight excluding hydrogens is 254 g/mol. The van der Waals surface area contributed by atoms with E-state index in [4.69, 9.17) is 16.9 Å². The first-order chi connectivity index (χ1) is 7.68. The highest BCUT2D eigenvalue weighted by Crippen LogP contribution is 2.25. The number of nitrogens with two attached hydrogens (primary N) is 2. The van der Waals surface area contributed by atoms with Gasteiger partial charge in [0.25, 0.3) is 0 Å². The minimum Gasteiger partial charge on any atom is -0.384 e. The Hall–Kier alpha value is -1.36. The second-order valence-corrected chi connectivity index (χ2v) is 4.48. The summed E-state index contributed by atoms with van der Waals surface area (Å²) in [6.07, 6.45) is 0. The Bertz CT molecular complexity index is 495. The van der Waals surface area contributed by atoms with Gasteiger partial charge < -0.3 is 11.5 Å². The van der Waals surface area contributed by atoms with Crippen LogP contribution in [0, 0.1) is 5.41 Å². The van der Waals surface area contributed by atoms with E-state index in [1.54, 1.807) is 0 Å². The van der Waals surface area contributed by atoms with Gasteiger partial charge >= 0.3 is 0 Å². The fraction of sp³-hybridized carbons (Fsp3) is 0.0833. The molecule has 0 aliphatic heterocycles. The molecule has 0 amide bonds. The summed E-state index contributed by atoms with van der Waals surface area (Å²) in [6, 6.07) is 11.6. The zero-order valence-electron chi connectivity index (χ0n) is 9.09. The molecule has 0 fully saturated rings. The molecule has 17 heavy (non-hydrogen) atoms. The van der Waals surface area contributed by atoms with Crippen LogP contribution in [0.4, 0.5) is 0 Å². The van der Waals surface area contributed by atoms with E-state index in [2.05, 4.69) is 0 Å². The molecule has 1 aromatic carbocycles. The van der Waals surface area contributed by atoms with Gasteiger partial charge in [0.05, 0.1) is 6.04 Å². The Morgan fingerprint density at radius 1 is 1.24 bits per heavy atom. The third-order valence-corrected chi connectivity index (χ3v) is 3.41. The molecule has 0 aliphatic rings. The number of benzene rings is 1. The first-order valence-corrected chi connectivity index (χ1v) is 5.80. The van der Waals surface area contributed by atoms with Crippen LogP contribution in [0.3, 0.4) is 0 Å². The van der Waals surface area contributed by atoms with Crippen molar-refractivity contribution in [3.8, 4) is 0 Å². The van der Waals surface area contributed by atoms with Gasteiger partial charge in [-0.2, -0.15) is 0 Å². The molecule has 90 valence electrons. The second kappa shape index (κ2) is 5.82. The Morgan fingerprint density at radius 3 is 2.41 bits per heavy atom. The summed E-state index contributed by atoms with van der Waals surface area (Å²) < 4.78 is 0. The molecule has 5 N–H and O–H groups in total. The number of nitrogen functional groups attached to an aromatic ring is 1. The lowest BCUT2D eigenvalue weighted by molar-refractivity contribution is 0.893. The molecule has 1 aromatic heterocycles. The molecule has 0 radical (unpaired) electrons. The molecule has 0 unspecified atom stereocenters.